The predicted molar refractivity (Wildman–Crippen MR) is 90.4 cm³/mol. The molecular weight excluding hydrogens is 276 g/mol. The van der Waals surface area contributed by atoms with Gasteiger partial charge in [0.05, 0.1) is 12.3 Å². The van der Waals surface area contributed by atoms with Crippen molar-refractivity contribution in [1.29, 1.82) is 0 Å². The first kappa shape index (κ1) is 16.3. The third-order valence-corrected chi connectivity index (χ3v) is 3.53. The van der Waals surface area contributed by atoms with Gasteiger partial charge in [0.2, 0.25) is 0 Å². The highest BCUT2D eigenvalue weighted by molar-refractivity contribution is 5.61. The van der Waals surface area contributed by atoms with E-state index in [0.717, 1.165) is 35.5 Å². The Bertz CT molecular complexity index is 660. The summed E-state index contributed by atoms with van der Waals surface area (Å²) in [5.74, 6) is 0.849. The zero-order valence-electron chi connectivity index (χ0n) is 13.6. The minimum atomic E-state index is 0.0857. The van der Waals surface area contributed by atoms with Gasteiger partial charge >= 0.3 is 0 Å². The quantitative estimate of drug-likeness (QED) is 0.854. The van der Waals surface area contributed by atoms with Crippen LogP contribution in [0.4, 0.5) is 0 Å². The lowest BCUT2D eigenvalue weighted by molar-refractivity contribution is 0.340. The molecule has 4 nitrogen and oxygen atoms in total. The Morgan fingerprint density at radius 1 is 1.09 bits per heavy atom. The largest absolute Gasteiger partial charge is 0.494 e. The van der Waals surface area contributed by atoms with Gasteiger partial charge in [-0.1, -0.05) is 13.0 Å². The van der Waals surface area contributed by atoms with Gasteiger partial charge in [0.1, 0.15) is 5.75 Å². The van der Waals surface area contributed by atoms with Crippen LogP contribution >= 0.6 is 0 Å². The fraction of sp³-hybridized carbons (Fsp3) is 0.389. The van der Waals surface area contributed by atoms with Gasteiger partial charge in [-0.3, -0.25) is 4.79 Å². The summed E-state index contributed by atoms with van der Waals surface area (Å²) in [5, 5.41) is 3.05. The molecule has 0 fully saturated rings. The van der Waals surface area contributed by atoms with Crippen LogP contribution in [0.3, 0.4) is 0 Å². The molecule has 1 aromatic heterocycles. The van der Waals surface area contributed by atoms with Gasteiger partial charge in [-0.05, 0) is 56.3 Å². The van der Waals surface area contributed by atoms with Crippen molar-refractivity contribution in [2.75, 3.05) is 13.7 Å². The molecule has 4 heteroatoms. The summed E-state index contributed by atoms with van der Waals surface area (Å²) >= 11 is 0. The maximum atomic E-state index is 12.6. The van der Waals surface area contributed by atoms with Gasteiger partial charge in [0, 0.05) is 18.7 Å². The van der Waals surface area contributed by atoms with Gasteiger partial charge in [0.15, 0.2) is 0 Å². The molecule has 0 aliphatic rings. The van der Waals surface area contributed by atoms with Crippen LogP contribution in [0.2, 0.25) is 0 Å². The Kier molecular flexibility index (Phi) is 5.78. The maximum absolute atomic E-state index is 12.6. The summed E-state index contributed by atoms with van der Waals surface area (Å²) < 4.78 is 7.34. The first-order valence-electron chi connectivity index (χ1n) is 7.81. The molecular formula is C18H24N2O2. The molecule has 1 heterocycles. The van der Waals surface area contributed by atoms with Crippen molar-refractivity contribution >= 4 is 0 Å². The standard InChI is InChI=1S/C18H24N2O2/c1-4-12-20-17(11-8-15(13-19-3)18(20)21)14-6-9-16(10-7-14)22-5-2/h6-11,19H,4-5,12-13H2,1-3H3. The first-order chi connectivity index (χ1) is 10.7. The molecule has 0 atom stereocenters. The monoisotopic (exact) mass is 300 g/mol. The van der Waals surface area contributed by atoms with E-state index in [4.69, 9.17) is 4.74 Å². The van der Waals surface area contributed by atoms with Crippen molar-refractivity contribution in [1.82, 2.24) is 9.88 Å². The lowest BCUT2D eigenvalue weighted by Gasteiger charge is -2.14. The topological polar surface area (TPSA) is 43.3 Å². The minimum Gasteiger partial charge on any atom is -0.494 e. The number of rotatable bonds is 7. The average molecular weight is 300 g/mol. The Morgan fingerprint density at radius 2 is 1.82 bits per heavy atom. The first-order valence-corrected chi connectivity index (χ1v) is 7.81. The highest BCUT2D eigenvalue weighted by Gasteiger charge is 2.10. The van der Waals surface area contributed by atoms with Gasteiger partial charge in [-0.2, -0.15) is 0 Å². The van der Waals surface area contributed by atoms with E-state index in [2.05, 4.69) is 12.2 Å². The second kappa shape index (κ2) is 7.80. The SMILES string of the molecule is CCCn1c(-c2ccc(OCC)cc2)ccc(CNC)c1=O. The molecule has 1 N–H and O–H groups in total. The molecule has 0 radical (unpaired) electrons. The van der Waals surface area contributed by atoms with Crippen LogP contribution in [0.5, 0.6) is 5.75 Å². The Hall–Kier alpha value is -2.07. The van der Waals surface area contributed by atoms with Crippen molar-refractivity contribution in [3.63, 3.8) is 0 Å². The van der Waals surface area contributed by atoms with Crippen molar-refractivity contribution in [2.24, 2.45) is 0 Å². The summed E-state index contributed by atoms with van der Waals surface area (Å²) in [5.41, 5.74) is 2.87. The van der Waals surface area contributed by atoms with E-state index < -0.39 is 0 Å². The smallest absolute Gasteiger partial charge is 0.255 e. The molecule has 118 valence electrons. The molecule has 2 aromatic rings. The number of hydrogen-bond donors (Lipinski definition) is 1. The molecule has 22 heavy (non-hydrogen) atoms. The zero-order chi connectivity index (χ0) is 15.9. The van der Waals surface area contributed by atoms with Crippen molar-refractivity contribution in [3.05, 3.63) is 52.3 Å². The van der Waals surface area contributed by atoms with Crippen LogP contribution in [-0.4, -0.2) is 18.2 Å². The molecule has 0 aliphatic carbocycles. The minimum absolute atomic E-state index is 0.0857. The molecule has 2 rings (SSSR count). The lowest BCUT2D eigenvalue weighted by Crippen LogP contribution is -2.27. The van der Waals surface area contributed by atoms with Crippen LogP contribution in [0.1, 0.15) is 25.8 Å². The third-order valence-electron chi connectivity index (χ3n) is 3.53. The number of ether oxygens (including phenoxy) is 1. The molecule has 0 unspecified atom stereocenters. The number of aromatic nitrogens is 1. The number of nitrogens with one attached hydrogen (secondary N) is 1. The summed E-state index contributed by atoms with van der Waals surface area (Å²) in [7, 11) is 1.85. The summed E-state index contributed by atoms with van der Waals surface area (Å²) in [6.07, 6.45) is 0.924. The number of benzene rings is 1. The van der Waals surface area contributed by atoms with E-state index in [1.54, 1.807) is 0 Å². The van der Waals surface area contributed by atoms with Crippen LogP contribution in [0, 0.1) is 0 Å². The van der Waals surface area contributed by atoms with Crippen LogP contribution < -0.4 is 15.6 Å². The van der Waals surface area contributed by atoms with E-state index in [-0.39, 0.29) is 5.56 Å². The van der Waals surface area contributed by atoms with E-state index in [0.29, 0.717) is 13.2 Å². The Morgan fingerprint density at radius 3 is 2.41 bits per heavy atom. The highest BCUT2D eigenvalue weighted by Crippen LogP contribution is 2.22. The molecule has 0 saturated carbocycles. The predicted octanol–water partition coefficient (Wildman–Crippen LogP) is 3.04. The fourth-order valence-electron chi connectivity index (χ4n) is 2.53. The van der Waals surface area contributed by atoms with Crippen LogP contribution in [-0.2, 0) is 13.1 Å². The average Bonchev–Trinajstić information content (AvgIpc) is 2.53. The van der Waals surface area contributed by atoms with Crippen molar-refractivity contribution < 1.29 is 4.74 Å². The molecule has 1 aromatic carbocycles. The van der Waals surface area contributed by atoms with Gasteiger partial charge in [0.25, 0.3) is 5.56 Å². The Labute approximate surface area is 131 Å². The number of nitrogens with zero attached hydrogens (tertiary/aromatic N) is 1. The molecule has 0 aliphatic heterocycles. The van der Waals surface area contributed by atoms with E-state index >= 15 is 0 Å². The van der Waals surface area contributed by atoms with E-state index in [1.807, 2.05) is 54.9 Å². The normalized spacial score (nSPS) is 10.7. The van der Waals surface area contributed by atoms with Crippen molar-refractivity contribution in [3.8, 4) is 17.0 Å². The van der Waals surface area contributed by atoms with Crippen LogP contribution in [0.15, 0.2) is 41.2 Å². The second-order valence-corrected chi connectivity index (χ2v) is 5.19. The zero-order valence-corrected chi connectivity index (χ0v) is 13.6. The van der Waals surface area contributed by atoms with Crippen LogP contribution in [0.25, 0.3) is 11.3 Å². The molecule has 0 amide bonds. The second-order valence-electron chi connectivity index (χ2n) is 5.19. The third kappa shape index (κ3) is 3.57. The molecule has 0 spiro atoms. The van der Waals surface area contributed by atoms with Gasteiger partial charge < -0.3 is 14.6 Å². The van der Waals surface area contributed by atoms with Gasteiger partial charge in [-0.25, -0.2) is 0 Å². The lowest BCUT2D eigenvalue weighted by atomic mass is 10.1. The van der Waals surface area contributed by atoms with Crippen molar-refractivity contribution in [2.45, 2.75) is 33.4 Å². The maximum Gasteiger partial charge on any atom is 0.255 e. The highest BCUT2D eigenvalue weighted by atomic mass is 16.5. The summed E-state index contributed by atoms with van der Waals surface area (Å²) in [4.78, 5) is 12.6. The van der Waals surface area contributed by atoms with Gasteiger partial charge in [-0.15, -0.1) is 0 Å². The number of hydrogen-bond acceptors (Lipinski definition) is 3. The Balaban J connectivity index is 2.45. The fourth-order valence-corrected chi connectivity index (χ4v) is 2.53. The summed E-state index contributed by atoms with van der Waals surface area (Å²) in [6, 6.07) is 11.8. The summed E-state index contributed by atoms with van der Waals surface area (Å²) in [6.45, 7) is 6.01. The molecule has 0 saturated heterocycles. The van der Waals surface area contributed by atoms with E-state index in [1.165, 1.54) is 0 Å². The number of pyridine rings is 1. The van der Waals surface area contributed by atoms with E-state index in [9.17, 15) is 4.79 Å². The molecule has 0 bridgehead atoms.